The van der Waals surface area contributed by atoms with Gasteiger partial charge in [-0.1, -0.05) is 18.2 Å². The summed E-state index contributed by atoms with van der Waals surface area (Å²) in [5.41, 5.74) is 1.41. The summed E-state index contributed by atoms with van der Waals surface area (Å²) in [7, 11) is 0. The van der Waals surface area contributed by atoms with Crippen LogP contribution in [-0.2, 0) is 0 Å². The van der Waals surface area contributed by atoms with Crippen LogP contribution in [0.1, 0.15) is 11.1 Å². The number of nitrogens with zero attached hydrogens (tertiary/aromatic N) is 2. The molecule has 0 amide bonds. The van der Waals surface area contributed by atoms with Gasteiger partial charge in [-0.15, -0.1) is 0 Å². The highest BCUT2D eigenvalue weighted by atomic mass is 16.3. The molecule has 0 N–H and O–H groups in total. The van der Waals surface area contributed by atoms with Crippen LogP contribution in [0.5, 0.6) is 0 Å². The number of nitriles is 1. The van der Waals surface area contributed by atoms with Gasteiger partial charge in [-0.05, 0) is 30.7 Å². The maximum Gasteiger partial charge on any atom is 0.211 e. The van der Waals surface area contributed by atoms with Gasteiger partial charge in [0.25, 0.3) is 0 Å². The normalized spacial score (nSPS) is 10.4. The topological polar surface area (TPSA) is 66.9 Å². The van der Waals surface area contributed by atoms with Crippen LogP contribution in [-0.4, -0.2) is 4.98 Å². The molecular weight excluding hydrogens is 252 g/mol. The third kappa shape index (κ3) is 1.77. The van der Waals surface area contributed by atoms with Crippen molar-refractivity contribution < 1.29 is 4.42 Å². The maximum absolute atomic E-state index is 12.5. The lowest BCUT2D eigenvalue weighted by Crippen LogP contribution is -2.09. The van der Waals surface area contributed by atoms with Crippen molar-refractivity contribution in [1.29, 1.82) is 5.26 Å². The zero-order valence-electron chi connectivity index (χ0n) is 10.8. The average Bonchev–Trinajstić information content (AvgIpc) is 2.48. The number of pyridine rings is 1. The molecule has 0 aliphatic heterocycles. The molecule has 4 nitrogen and oxygen atoms in total. The Morgan fingerprint density at radius 1 is 1.20 bits per heavy atom. The van der Waals surface area contributed by atoms with Gasteiger partial charge in [0, 0.05) is 6.20 Å². The third-order valence-electron chi connectivity index (χ3n) is 3.14. The summed E-state index contributed by atoms with van der Waals surface area (Å²) in [4.78, 5) is 16.6. The first-order valence-corrected chi connectivity index (χ1v) is 6.10. The lowest BCUT2D eigenvalue weighted by atomic mass is 10.1. The molecule has 0 radical (unpaired) electrons. The first-order chi connectivity index (χ1) is 9.72. The highest BCUT2D eigenvalue weighted by molar-refractivity contribution is 5.84. The summed E-state index contributed by atoms with van der Waals surface area (Å²) in [6.45, 7) is 1.82. The molecule has 20 heavy (non-hydrogen) atoms. The number of hydrogen-bond donors (Lipinski definition) is 0. The van der Waals surface area contributed by atoms with E-state index in [9.17, 15) is 10.1 Å². The Bertz CT molecular complexity index is 890. The Kier molecular flexibility index (Phi) is 2.81. The highest BCUT2D eigenvalue weighted by Gasteiger charge is 2.17. The van der Waals surface area contributed by atoms with E-state index in [2.05, 4.69) is 4.98 Å². The second kappa shape index (κ2) is 4.63. The van der Waals surface area contributed by atoms with Gasteiger partial charge < -0.3 is 4.42 Å². The number of fused-ring (bicyclic) bond motifs is 1. The van der Waals surface area contributed by atoms with Gasteiger partial charge in [0.05, 0.1) is 5.39 Å². The Morgan fingerprint density at radius 2 is 2.05 bits per heavy atom. The monoisotopic (exact) mass is 262 g/mol. The molecular formula is C16H10N2O2. The van der Waals surface area contributed by atoms with Crippen molar-refractivity contribution in [1.82, 2.24) is 4.98 Å². The number of benzene rings is 1. The van der Waals surface area contributed by atoms with E-state index >= 15 is 0 Å². The van der Waals surface area contributed by atoms with E-state index < -0.39 is 0 Å². The van der Waals surface area contributed by atoms with Crippen LogP contribution < -0.4 is 5.43 Å². The lowest BCUT2D eigenvalue weighted by Gasteiger charge is -2.06. The highest BCUT2D eigenvalue weighted by Crippen LogP contribution is 2.25. The number of hydrogen-bond acceptors (Lipinski definition) is 4. The largest absolute Gasteiger partial charge is 0.453 e. The van der Waals surface area contributed by atoms with Crippen LogP contribution in [0.15, 0.2) is 51.8 Å². The van der Waals surface area contributed by atoms with E-state index in [4.69, 9.17) is 4.42 Å². The van der Waals surface area contributed by atoms with Crippen LogP contribution >= 0.6 is 0 Å². The van der Waals surface area contributed by atoms with Gasteiger partial charge in [0.2, 0.25) is 5.43 Å². The minimum atomic E-state index is -0.312. The van der Waals surface area contributed by atoms with E-state index in [1.165, 1.54) is 0 Å². The summed E-state index contributed by atoms with van der Waals surface area (Å²) >= 11 is 0. The van der Waals surface area contributed by atoms with Crippen LogP contribution in [0, 0.1) is 18.3 Å². The molecule has 0 unspecified atom stereocenters. The first-order valence-electron chi connectivity index (χ1n) is 6.10. The fourth-order valence-electron chi connectivity index (χ4n) is 2.18. The van der Waals surface area contributed by atoms with Crippen molar-refractivity contribution in [3.63, 3.8) is 0 Å². The van der Waals surface area contributed by atoms with Crippen LogP contribution in [0.2, 0.25) is 0 Å². The zero-order chi connectivity index (χ0) is 14.1. The quantitative estimate of drug-likeness (QED) is 0.676. The predicted octanol–water partition coefficient (Wildman–Crippen LogP) is 3.04. The van der Waals surface area contributed by atoms with Gasteiger partial charge in [0.15, 0.2) is 5.76 Å². The summed E-state index contributed by atoms with van der Waals surface area (Å²) in [5.74, 6) is 0.219. The molecule has 0 bridgehead atoms. The fourth-order valence-corrected chi connectivity index (χ4v) is 2.18. The van der Waals surface area contributed by atoms with E-state index in [0.29, 0.717) is 16.7 Å². The second-order valence-corrected chi connectivity index (χ2v) is 4.41. The molecule has 0 atom stereocenters. The van der Waals surface area contributed by atoms with E-state index in [0.717, 1.165) is 5.56 Å². The van der Waals surface area contributed by atoms with E-state index in [1.807, 2.05) is 25.1 Å². The van der Waals surface area contributed by atoms with Crippen molar-refractivity contribution in [3.05, 3.63) is 63.9 Å². The SMILES string of the molecule is Cc1cccc2oc(-c3ccccn3)c(C#N)c(=O)c12. The number of aryl methyl sites for hydroxylation is 1. The predicted molar refractivity (Wildman–Crippen MR) is 75.2 cm³/mol. The number of aromatic nitrogens is 1. The van der Waals surface area contributed by atoms with Gasteiger partial charge in [-0.25, -0.2) is 0 Å². The molecule has 3 rings (SSSR count). The summed E-state index contributed by atoms with van der Waals surface area (Å²) in [5, 5.41) is 9.72. The third-order valence-corrected chi connectivity index (χ3v) is 3.14. The van der Waals surface area contributed by atoms with Crippen molar-refractivity contribution in [2.45, 2.75) is 6.92 Å². The van der Waals surface area contributed by atoms with Crippen molar-refractivity contribution >= 4 is 11.0 Å². The minimum absolute atomic E-state index is 0.00880. The molecule has 0 saturated heterocycles. The minimum Gasteiger partial charge on any atom is -0.453 e. The Labute approximate surface area is 114 Å². The molecule has 2 aromatic heterocycles. The molecule has 4 heteroatoms. The van der Waals surface area contributed by atoms with Crippen LogP contribution in [0.4, 0.5) is 0 Å². The second-order valence-electron chi connectivity index (χ2n) is 4.41. The van der Waals surface area contributed by atoms with Gasteiger partial charge in [-0.2, -0.15) is 5.26 Å². The van der Waals surface area contributed by atoms with Gasteiger partial charge in [-0.3, -0.25) is 9.78 Å². The molecule has 0 aliphatic rings. The fraction of sp³-hybridized carbons (Fsp3) is 0.0625. The zero-order valence-corrected chi connectivity index (χ0v) is 10.8. The first kappa shape index (κ1) is 12.1. The Balaban J connectivity index is 2.47. The Morgan fingerprint density at radius 3 is 2.75 bits per heavy atom. The molecule has 1 aromatic carbocycles. The van der Waals surface area contributed by atoms with Crippen molar-refractivity contribution in [2.75, 3.05) is 0 Å². The Hall–Kier alpha value is -2.93. The lowest BCUT2D eigenvalue weighted by molar-refractivity contribution is 0.614. The molecule has 96 valence electrons. The summed E-state index contributed by atoms with van der Waals surface area (Å²) in [6, 6.07) is 12.5. The summed E-state index contributed by atoms with van der Waals surface area (Å²) in [6.07, 6.45) is 1.59. The van der Waals surface area contributed by atoms with E-state index in [1.54, 1.807) is 30.5 Å². The smallest absolute Gasteiger partial charge is 0.211 e. The molecule has 0 spiro atoms. The molecule has 0 aliphatic carbocycles. The van der Waals surface area contributed by atoms with Crippen molar-refractivity contribution in [3.8, 4) is 17.5 Å². The molecule has 3 aromatic rings. The van der Waals surface area contributed by atoms with E-state index in [-0.39, 0.29) is 16.8 Å². The number of rotatable bonds is 1. The van der Waals surface area contributed by atoms with Crippen LogP contribution in [0.3, 0.4) is 0 Å². The molecule has 0 saturated carbocycles. The van der Waals surface area contributed by atoms with Gasteiger partial charge in [0.1, 0.15) is 22.9 Å². The average molecular weight is 262 g/mol. The maximum atomic E-state index is 12.5. The molecule has 0 fully saturated rings. The molecule has 2 heterocycles. The standard InChI is InChI=1S/C16H10N2O2/c1-10-5-4-7-13-14(10)15(19)11(9-17)16(20-13)12-6-2-3-8-18-12/h2-8H,1H3. The van der Waals surface area contributed by atoms with Crippen molar-refractivity contribution in [2.24, 2.45) is 0 Å². The van der Waals surface area contributed by atoms with Gasteiger partial charge >= 0.3 is 0 Å². The van der Waals surface area contributed by atoms with Crippen LogP contribution in [0.25, 0.3) is 22.4 Å². The summed E-state index contributed by atoms with van der Waals surface area (Å²) < 4.78 is 5.75.